The van der Waals surface area contributed by atoms with Crippen LogP contribution in [0.4, 0.5) is 0 Å². The number of allylic oxidation sites excluding steroid dienone is 5. The van der Waals surface area contributed by atoms with Crippen LogP contribution in [0.25, 0.3) is 4.91 Å². The third-order valence-electron chi connectivity index (χ3n) is 5.57. The summed E-state index contributed by atoms with van der Waals surface area (Å²) in [6.07, 6.45) is 7.81. The van der Waals surface area contributed by atoms with Gasteiger partial charge in [0.15, 0.2) is 0 Å². The Hall–Kier alpha value is -2.63. The van der Waals surface area contributed by atoms with E-state index in [0.717, 1.165) is 37.7 Å². The normalized spacial score (nSPS) is 19.4. The molecule has 1 aliphatic heterocycles. The van der Waals surface area contributed by atoms with Gasteiger partial charge >= 0.3 is 0 Å². The molecule has 3 rings (SSSR count). The van der Waals surface area contributed by atoms with Crippen molar-refractivity contribution in [1.82, 2.24) is 0 Å². The molecule has 28 heavy (non-hydrogen) atoms. The van der Waals surface area contributed by atoms with Crippen molar-refractivity contribution in [3.8, 4) is 12.1 Å². The van der Waals surface area contributed by atoms with Crippen LogP contribution in [0.1, 0.15) is 63.0 Å². The minimum absolute atomic E-state index is 0.0500. The molecule has 0 aromatic heterocycles. The van der Waals surface area contributed by atoms with Gasteiger partial charge in [0.2, 0.25) is 9.84 Å². The maximum atomic E-state index is 13.5. The van der Waals surface area contributed by atoms with Gasteiger partial charge in [-0.3, -0.25) is 0 Å². The highest BCUT2D eigenvalue weighted by molar-refractivity contribution is 8.04. The van der Waals surface area contributed by atoms with Crippen LogP contribution >= 0.6 is 0 Å². The first-order valence-corrected chi connectivity index (χ1v) is 11.2. The standard InChI is InChI=1S/C23H24N2O2S/c1-16(2)17-8-10-19(11-9-17)23-13-20(21(14-24)15-25)12-22(28(23,26)27)18-6-4-3-5-7-18/h8-13,16,18H,3-7H2,1-2H3. The Bertz CT molecular complexity index is 1020. The number of hydrogen-bond acceptors (Lipinski definition) is 4. The van der Waals surface area contributed by atoms with Gasteiger partial charge in [-0.25, -0.2) is 8.42 Å². The van der Waals surface area contributed by atoms with Crippen LogP contribution in [0, 0.1) is 28.6 Å². The molecule has 144 valence electrons. The fraction of sp³-hybridized carbons (Fsp3) is 0.391. The number of nitrogens with zero attached hydrogens (tertiary/aromatic N) is 2. The van der Waals surface area contributed by atoms with Crippen molar-refractivity contribution in [3.63, 3.8) is 0 Å². The molecule has 1 heterocycles. The summed E-state index contributed by atoms with van der Waals surface area (Å²) in [4.78, 5) is 0.541. The molecule has 1 aromatic rings. The van der Waals surface area contributed by atoms with Gasteiger partial charge in [0.05, 0.1) is 9.81 Å². The fourth-order valence-corrected chi connectivity index (χ4v) is 5.85. The molecule has 2 aliphatic rings. The van der Waals surface area contributed by atoms with E-state index in [9.17, 15) is 18.9 Å². The van der Waals surface area contributed by atoms with Gasteiger partial charge in [-0.2, -0.15) is 10.5 Å². The summed E-state index contributed by atoms with van der Waals surface area (Å²) in [5, 5.41) is 18.6. The summed E-state index contributed by atoms with van der Waals surface area (Å²) >= 11 is 0. The first kappa shape index (κ1) is 20.1. The molecule has 4 nitrogen and oxygen atoms in total. The zero-order valence-electron chi connectivity index (χ0n) is 16.3. The number of rotatable bonds is 3. The molecule has 1 fully saturated rings. The van der Waals surface area contributed by atoms with Gasteiger partial charge < -0.3 is 0 Å². The quantitative estimate of drug-likeness (QED) is 0.646. The predicted molar refractivity (Wildman–Crippen MR) is 110 cm³/mol. The maximum absolute atomic E-state index is 13.5. The van der Waals surface area contributed by atoms with Crippen molar-refractivity contribution in [3.05, 3.63) is 63.6 Å². The molecule has 1 saturated carbocycles. The second-order valence-corrected chi connectivity index (χ2v) is 9.64. The van der Waals surface area contributed by atoms with Crippen LogP contribution in [-0.2, 0) is 9.84 Å². The van der Waals surface area contributed by atoms with Crippen LogP contribution in [0.5, 0.6) is 0 Å². The molecular formula is C23H24N2O2S. The molecule has 0 radical (unpaired) electrons. The van der Waals surface area contributed by atoms with Crippen molar-refractivity contribution < 1.29 is 8.42 Å². The second kappa shape index (κ2) is 8.17. The Morgan fingerprint density at radius 1 is 1.00 bits per heavy atom. The summed E-state index contributed by atoms with van der Waals surface area (Å²) in [7, 11) is -3.66. The molecular weight excluding hydrogens is 368 g/mol. The van der Waals surface area contributed by atoms with Crippen molar-refractivity contribution in [1.29, 1.82) is 10.5 Å². The lowest BCUT2D eigenvalue weighted by Gasteiger charge is -2.27. The molecule has 0 saturated heterocycles. The molecule has 0 N–H and O–H groups in total. The maximum Gasteiger partial charge on any atom is 0.203 e. The third-order valence-corrected chi connectivity index (χ3v) is 7.57. The lowest BCUT2D eigenvalue weighted by molar-refractivity contribution is 0.411. The van der Waals surface area contributed by atoms with Gasteiger partial charge in [0.25, 0.3) is 0 Å². The summed E-state index contributed by atoms with van der Waals surface area (Å²) in [6, 6.07) is 11.3. The van der Waals surface area contributed by atoms with Gasteiger partial charge in [-0.1, -0.05) is 57.4 Å². The molecule has 0 spiro atoms. The highest BCUT2D eigenvalue weighted by Gasteiger charge is 2.34. The van der Waals surface area contributed by atoms with E-state index in [1.165, 1.54) is 6.08 Å². The summed E-state index contributed by atoms with van der Waals surface area (Å²) in [5.41, 5.74) is 2.06. The Morgan fingerprint density at radius 2 is 1.61 bits per heavy atom. The number of nitriles is 2. The van der Waals surface area contributed by atoms with Crippen molar-refractivity contribution in [2.45, 2.75) is 51.9 Å². The zero-order chi connectivity index (χ0) is 20.3. The van der Waals surface area contributed by atoms with E-state index in [1.54, 1.807) is 6.08 Å². The average molecular weight is 393 g/mol. The largest absolute Gasteiger partial charge is 0.219 e. The molecule has 1 aromatic carbocycles. The first-order valence-electron chi connectivity index (χ1n) is 9.71. The van der Waals surface area contributed by atoms with Crippen LogP contribution in [0.2, 0.25) is 0 Å². The van der Waals surface area contributed by atoms with Gasteiger partial charge in [0, 0.05) is 5.57 Å². The van der Waals surface area contributed by atoms with Crippen LogP contribution in [-0.4, -0.2) is 8.42 Å². The highest BCUT2D eigenvalue weighted by atomic mass is 32.2. The summed E-state index contributed by atoms with van der Waals surface area (Å²) < 4.78 is 26.9. The topological polar surface area (TPSA) is 81.7 Å². The molecule has 0 bridgehead atoms. The first-order chi connectivity index (χ1) is 13.4. The van der Waals surface area contributed by atoms with Crippen molar-refractivity contribution in [2.75, 3.05) is 0 Å². The minimum atomic E-state index is -3.66. The number of benzene rings is 1. The molecule has 5 heteroatoms. The predicted octanol–water partition coefficient (Wildman–Crippen LogP) is 5.39. The second-order valence-electron chi connectivity index (χ2n) is 7.72. The third kappa shape index (κ3) is 3.81. The summed E-state index contributed by atoms with van der Waals surface area (Å²) in [6.45, 7) is 4.17. The number of sulfone groups is 1. The Labute approximate surface area is 167 Å². The van der Waals surface area contributed by atoms with E-state index in [2.05, 4.69) is 13.8 Å². The molecule has 0 atom stereocenters. The Kier molecular flexibility index (Phi) is 5.87. The van der Waals surface area contributed by atoms with E-state index in [4.69, 9.17) is 0 Å². The minimum Gasteiger partial charge on any atom is -0.219 e. The zero-order valence-corrected chi connectivity index (χ0v) is 17.1. The molecule has 1 aliphatic carbocycles. The monoisotopic (exact) mass is 392 g/mol. The van der Waals surface area contributed by atoms with Crippen LogP contribution in [0.3, 0.4) is 0 Å². The number of hydrogen-bond donors (Lipinski definition) is 0. The molecule has 0 unspecified atom stereocenters. The fourth-order valence-electron chi connectivity index (χ4n) is 3.91. The lowest BCUT2D eigenvalue weighted by atomic mass is 9.88. The van der Waals surface area contributed by atoms with E-state index in [-0.39, 0.29) is 16.4 Å². The Balaban J connectivity index is 2.16. The van der Waals surface area contributed by atoms with Crippen LogP contribution in [0.15, 0.2) is 52.5 Å². The smallest absolute Gasteiger partial charge is 0.203 e. The Morgan fingerprint density at radius 3 is 2.14 bits per heavy atom. The van der Waals surface area contributed by atoms with E-state index < -0.39 is 9.84 Å². The van der Waals surface area contributed by atoms with E-state index >= 15 is 0 Å². The van der Waals surface area contributed by atoms with E-state index in [1.807, 2.05) is 36.4 Å². The highest BCUT2D eigenvalue weighted by Crippen LogP contribution is 2.42. The van der Waals surface area contributed by atoms with Gasteiger partial charge in [0.1, 0.15) is 17.7 Å². The lowest BCUT2D eigenvalue weighted by Crippen LogP contribution is -2.20. The summed E-state index contributed by atoms with van der Waals surface area (Å²) in [5.74, 6) is 0.300. The molecule has 0 amide bonds. The van der Waals surface area contributed by atoms with E-state index in [0.29, 0.717) is 22.0 Å². The van der Waals surface area contributed by atoms with Gasteiger partial charge in [-0.15, -0.1) is 0 Å². The SMILES string of the molecule is CC(C)c1ccc(C2=CC(=C(C#N)C#N)C=C(C3CCCCC3)S2(=O)=O)cc1. The van der Waals surface area contributed by atoms with Crippen molar-refractivity contribution >= 4 is 14.7 Å². The van der Waals surface area contributed by atoms with Crippen LogP contribution < -0.4 is 0 Å². The van der Waals surface area contributed by atoms with Crippen molar-refractivity contribution in [2.24, 2.45) is 5.92 Å². The average Bonchev–Trinajstić information content (AvgIpc) is 2.70. The van der Waals surface area contributed by atoms with Gasteiger partial charge in [-0.05, 0) is 48.0 Å².